The van der Waals surface area contributed by atoms with Crippen molar-refractivity contribution in [1.29, 1.82) is 0 Å². The van der Waals surface area contributed by atoms with Gasteiger partial charge in [-0.3, -0.25) is 4.79 Å². The molecule has 0 bridgehead atoms. The Bertz CT molecular complexity index is 578. The Balaban J connectivity index is 1.82. The van der Waals surface area contributed by atoms with Crippen molar-refractivity contribution in [1.82, 2.24) is 5.32 Å². The van der Waals surface area contributed by atoms with Gasteiger partial charge in [-0.25, -0.2) is 0 Å². The zero-order valence-electron chi connectivity index (χ0n) is 13.2. The molecule has 2 aromatic carbocycles. The number of ether oxygens (including phenoxy) is 1. The van der Waals surface area contributed by atoms with Crippen LogP contribution in [-0.2, 0) is 11.2 Å². The van der Waals surface area contributed by atoms with E-state index >= 15 is 0 Å². The first kappa shape index (κ1) is 16.1. The minimum absolute atomic E-state index is 0.000972. The topological polar surface area (TPSA) is 38.3 Å². The molecule has 0 spiro atoms. The van der Waals surface area contributed by atoms with Gasteiger partial charge in [0.25, 0.3) is 0 Å². The fourth-order valence-corrected chi connectivity index (χ4v) is 2.32. The van der Waals surface area contributed by atoms with E-state index in [4.69, 9.17) is 4.74 Å². The summed E-state index contributed by atoms with van der Waals surface area (Å²) in [6.45, 7) is 4.62. The molecule has 0 heterocycles. The molecule has 0 aromatic heterocycles. The van der Waals surface area contributed by atoms with E-state index in [1.165, 1.54) is 5.56 Å². The van der Waals surface area contributed by atoms with Crippen LogP contribution in [-0.4, -0.2) is 12.5 Å². The highest BCUT2D eigenvalue weighted by atomic mass is 16.5. The van der Waals surface area contributed by atoms with E-state index in [9.17, 15) is 4.79 Å². The van der Waals surface area contributed by atoms with Gasteiger partial charge in [-0.15, -0.1) is 0 Å². The average molecular weight is 297 g/mol. The van der Waals surface area contributed by atoms with Gasteiger partial charge >= 0.3 is 0 Å². The molecule has 1 amide bonds. The average Bonchev–Trinajstić information content (AvgIpc) is 2.55. The summed E-state index contributed by atoms with van der Waals surface area (Å²) in [7, 11) is 0. The third-order valence-corrected chi connectivity index (χ3v) is 3.55. The van der Waals surface area contributed by atoms with Gasteiger partial charge in [-0.2, -0.15) is 0 Å². The standard InChI is InChI=1S/C19H23NO2/c1-3-22-18-12-10-17(11-13-18)15(2)20-19(21)14-9-16-7-5-4-6-8-16/h4-8,10-13,15H,3,9,14H2,1-2H3,(H,20,21)/t15-/m0/s1. The molecule has 0 aliphatic rings. The molecule has 2 aromatic rings. The van der Waals surface area contributed by atoms with Crippen molar-refractivity contribution < 1.29 is 9.53 Å². The Morgan fingerprint density at radius 3 is 2.41 bits per heavy atom. The van der Waals surface area contributed by atoms with E-state index in [-0.39, 0.29) is 11.9 Å². The molecule has 0 fully saturated rings. The fourth-order valence-electron chi connectivity index (χ4n) is 2.32. The van der Waals surface area contributed by atoms with Gasteiger partial charge in [0.15, 0.2) is 0 Å². The van der Waals surface area contributed by atoms with E-state index < -0.39 is 0 Å². The van der Waals surface area contributed by atoms with Crippen LogP contribution in [0.5, 0.6) is 5.75 Å². The SMILES string of the molecule is CCOc1ccc([C@H](C)NC(=O)CCc2ccccc2)cc1. The number of hydrogen-bond donors (Lipinski definition) is 1. The van der Waals surface area contributed by atoms with E-state index in [1.807, 2.05) is 68.4 Å². The van der Waals surface area contributed by atoms with Gasteiger partial charge in [0.1, 0.15) is 5.75 Å². The largest absolute Gasteiger partial charge is 0.494 e. The Labute approximate surface area is 132 Å². The van der Waals surface area contributed by atoms with Gasteiger partial charge < -0.3 is 10.1 Å². The molecule has 0 saturated carbocycles. The number of benzene rings is 2. The number of rotatable bonds is 7. The second kappa shape index (κ2) is 8.23. The van der Waals surface area contributed by atoms with E-state index in [0.717, 1.165) is 17.7 Å². The van der Waals surface area contributed by atoms with Gasteiger partial charge in [-0.1, -0.05) is 42.5 Å². The monoisotopic (exact) mass is 297 g/mol. The molecular formula is C19H23NO2. The first-order valence-electron chi connectivity index (χ1n) is 7.75. The summed E-state index contributed by atoms with van der Waals surface area (Å²) in [5.74, 6) is 0.930. The molecule has 22 heavy (non-hydrogen) atoms. The van der Waals surface area contributed by atoms with Gasteiger partial charge in [0.05, 0.1) is 12.6 Å². The molecule has 1 N–H and O–H groups in total. The molecule has 1 atom stereocenters. The van der Waals surface area contributed by atoms with E-state index in [2.05, 4.69) is 5.32 Å². The molecular weight excluding hydrogens is 274 g/mol. The van der Waals surface area contributed by atoms with Crippen LogP contribution in [0.2, 0.25) is 0 Å². The zero-order chi connectivity index (χ0) is 15.8. The van der Waals surface area contributed by atoms with Crippen molar-refractivity contribution in [2.75, 3.05) is 6.61 Å². The molecule has 3 heteroatoms. The third kappa shape index (κ3) is 4.92. The number of amides is 1. The number of aryl methyl sites for hydroxylation is 1. The summed E-state index contributed by atoms with van der Waals surface area (Å²) >= 11 is 0. The molecule has 0 aliphatic heterocycles. The summed E-state index contributed by atoms with van der Waals surface area (Å²) in [6.07, 6.45) is 1.27. The highest BCUT2D eigenvalue weighted by Crippen LogP contribution is 2.17. The summed E-state index contributed by atoms with van der Waals surface area (Å²) in [5.41, 5.74) is 2.27. The summed E-state index contributed by atoms with van der Waals surface area (Å²) in [4.78, 5) is 12.0. The second-order valence-corrected chi connectivity index (χ2v) is 5.28. The Morgan fingerprint density at radius 1 is 1.09 bits per heavy atom. The van der Waals surface area contributed by atoms with Crippen molar-refractivity contribution >= 4 is 5.91 Å². The first-order chi connectivity index (χ1) is 10.7. The lowest BCUT2D eigenvalue weighted by Gasteiger charge is -2.15. The van der Waals surface area contributed by atoms with Crippen LogP contribution in [0.1, 0.15) is 37.4 Å². The van der Waals surface area contributed by atoms with E-state index in [1.54, 1.807) is 0 Å². The van der Waals surface area contributed by atoms with Crippen molar-refractivity contribution in [3.63, 3.8) is 0 Å². The van der Waals surface area contributed by atoms with Crippen LogP contribution < -0.4 is 10.1 Å². The molecule has 2 rings (SSSR count). The minimum Gasteiger partial charge on any atom is -0.494 e. The molecule has 116 valence electrons. The van der Waals surface area contributed by atoms with Crippen molar-refractivity contribution in [2.45, 2.75) is 32.7 Å². The number of carbonyl (C=O) groups is 1. The number of hydrogen-bond acceptors (Lipinski definition) is 2. The Hall–Kier alpha value is -2.29. The maximum atomic E-state index is 12.0. The van der Waals surface area contributed by atoms with Crippen LogP contribution in [0.25, 0.3) is 0 Å². The summed E-state index contributed by atoms with van der Waals surface area (Å²) in [5, 5.41) is 3.04. The highest BCUT2D eigenvalue weighted by molar-refractivity contribution is 5.76. The van der Waals surface area contributed by atoms with Gasteiger partial charge in [-0.05, 0) is 43.5 Å². The third-order valence-electron chi connectivity index (χ3n) is 3.55. The Morgan fingerprint density at radius 2 is 1.77 bits per heavy atom. The molecule has 0 saturated heterocycles. The zero-order valence-corrected chi connectivity index (χ0v) is 13.2. The molecule has 0 aliphatic carbocycles. The fraction of sp³-hybridized carbons (Fsp3) is 0.316. The second-order valence-electron chi connectivity index (χ2n) is 5.28. The van der Waals surface area contributed by atoms with E-state index in [0.29, 0.717) is 13.0 Å². The predicted octanol–water partition coefficient (Wildman–Crippen LogP) is 3.90. The molecule has 3 nitrogen and oxygen atoms in total. The van der Waals surface area contributed by atoms with Crippen LogP contribution >= 0.6 is 0 Å². The van der Waals surface area contributed by atoms with Gasteiger partial charge in [0, 0.05) is 6.42 Å². The van der Waals surface area contributed by atoms with Crippen LogP contribution in [0.15, 0.2) is 54.6 Å². The van der Waals surface area contributed by atoms with Crippen LogP contribution in [0.4, 0.5) is 0 Å². The van der Waals surface area contributed by atoms with Crippen molar-refractivity contribution in [3.8, 4) is 5.75 Å². The Kier molecular flexibility index (Phi) is 6.01. The quantitative estimate of drug-likeness (QED) is 0.842. The maximum Gasteiger partial charge on any atom is 0.220 e. The predicted molar refractivity (Wildman–Crippen MR) is 88.9 cm³/mol. The lowest BCUT2D eigenvalue weighted by Crippen LogP contribution is -2.26. The first-order valence-corrected chi connectivity index (χ1v) is 7.75. The van der Waals surface area contributed by atoms with Gasteiger partial charge in [0.2, 0.25) is 5.91 Å². The van der Waals surface area contributed by atoms with Crippen molar-refractivity contribution in [3.05, 3.63) is 65.7 Å². The normalized spacial score (nSPS) is 11.7. The van der Waals surface area contributed by atoms with Crippen molar-refractivity contribution in [2.24, 2.45) is 0 Å². The summed E-state index contributed by atoms with van der Waals surface area (Å²) < 4.78 is 5.42. The minimum atomic E-state index is -0.000972. The van der Waals surface area contributed by atoms with Crippen LogP contribution in [0.3, 0.4) is 0 Å². The molecule has 0 unspecified atom stereocenters. The highest BCUT2D eigenvalue weighted by Gasteiger charge is 2.09. The number of carbonyl (C=O) groups excluding carboxylic acids is 1. The smallest absolute Gasteiger partial charge is 0.220 e. The number of nitrogens with one attached hydrogen (secondary N) is 1. The van der Waals surface area contributed by atoms with Crippen LogP contribution in [0, 0.1) is 0 Å². The molecule has 0 radical (unpaired) electrons. The lowest BCUT2D eigenvalue weighted by molar-refractivity contribution is -0.121. The summed E-state index contributed by atoms with van der Waals surface area (Å²) in [6, 6.07) is 17.9. The maximum absolute atomic E-state index is 12.0. The lowest BCUT2D eigenvalue weighted by atomic mass is 10.1.